The molecule has 0 heteroatoms. The quantitative estimate of drug-likeness (QED) is 0.628. The first-order valence-electron chi connectivity index (χ1n) is 6.03. The largest absolute Gasteiger partial charge is 0.0847 e. The third kappa shape index (κ3) is 2.31. The Hall–Kier alpha value is -1.04. The van der Waals surface area contributed by atoms with Gasteiger partial charge in [0.1, 0.15) is 0 Å². The van der Waals surface area contributed by atoms with E-state index < -0.39 is 0 Å². The molecule has 1 aromatic carbocycles. The average Bonchev–Trinajstić information content (AvgIpc) is 2.72. The maximum absolute atomic E-state index is 2.46. The van der Waals surface area contributed by atoms with Gasteiger partial charge in [-0.2, -0.15) is 0 Å². The molecule has 0 saturated heterocycles. The summed E-state index contributed by atoms with van der Waals surface area (Å²) in [6.07, 6.45) is 6.40. The molecule has 0 nitrogen and oxygen atoms in total. The normalized spacial score (nSPS) is 17.9. The lowest BCUT2D eigenvalue weighted by Gasteiger charge is -2.23. The average molecular weight is 200 g/mol. The summed E-state index contributed by atoms with van der Waals surface area (Å²) in [6.45, 7) is 4.66. The minimum absolute atomic E-state index is 0.647. The number of rotatable bonds is 3. The van der Waals surface area contributed by atoms with Crippen LogP contribution in [0.2, 0.25) is 0 Å². The molecule has 0 amide bonds. The molecule has 1 atom stereocenters. The van der Waals surface area contributed by atoms with Crippen molar-refractivity contribution in [3.05, 3.63) is 47.5 Å². The summed E-state index contributed by atoms with van der Waals surface area (Å²) in [4.78, 5) is 0. The third-order valence-electron chi connectivity index (χ3n) is 3.30. The van der Waals surface area contributed by atoms with Crippen LogP contribution in [0.1, 0.15) is 44.6 Å². The lowest BCUT2D eigenvalue weighted by molar-refractivity contribution is 0.545. The van der Waals surface area contributed by atoms with Crippen molar-refractivity contribution in [2.24, 2.45) is 5.92 Å². The van der Waals surface area contributed by atoms with Crippen LogP contribution in [-0.2, 0) is 0 Å². The minimum atomic E-state index is 0.647. The van der Waals surface area contributed by atoms with Crippen molar-refractivity contribution in [2.45, 2.75) is 39.0 Å². The monoisotopic (exact) mass is 200 g/mol. The van der Waals surface area contributed by atoms with Crippen molar-refractivity contribution in [1.29, 1.82) is 0 Å². The van der Waals surface area contributed by atoms with Crippen LogP contribution in [-0.4, -0.2) is 0 Å². The fourth-order valence-electron chi connectivity index (χ4n) is 2.67. The Morgan fingerprint density at radius 3 is 2.33 bits per heavy atom. The van der Waals surface area contributed by atoms with E-state index in [0.29, 0.717) is 11.8 Å². The Morgan fingerprint density at radius 1 is 1.07 bits per heavy atom. The molecule has 1 aromatic rings. The molecule has 1 aliphatic rings. The molecular weight excluding hydrogens is 180 g/mol. The SMILES string of the molecule is CC(C)C(C1=CCCC1)c1ccccc1. The van der Waals surface area contributed by atoms with E-state index in [9.17, 15) is 0 Å². The fraction of sp³-hybridized carbons (Fsp3) is 0.467. The maximum Gasteiger partial charge on any atom is 0.00711 e. The topological polar surface area (TPSA) is 0 Å². The Balaban J connectivity index is 2.28. The summed E-state index contributed by atoms with van der Waals surface area (Å²) < 4.78 is 0. The van der Waals surface area contributed by atoms with Crippen LogP contribution in [0, 0.1) is 5.92 Å². The van der Waals surface area contributed by atoms with Crippen LogP contribution in [0.15, 0.2) is 42.0 Å². The summed E-state index contributed by atoms with van der Waals surface area (Å²) in [6, 6.07) is 10.9. The Kier molecular flexibility index (Phi) is 3.25. The van der Waals surface area contributed by atoms with E-state index in [1.165, 1.54) is 24.8 Å². The first-order chi connectivity index (χ1) is 7.29. The molecule has 0 spiro atoms. The highest BCUT2D eigenvalue weighted by Crippen LogP contribution is 2.37. The third-order valence-corrected chi connectivity index (χ3v) is 3.30. The molecule has 1 unspecified atom stereocenters. The second-order valence-electron chi connectivity index (χ2n) is 4.80. The Bertz CT molecular complexity index is 332. The van der Waals surface area contributed by atoms with Crippen molar-refractivity contribution >= 4 is 0 Å². The van der Waals surface area contributed by atoms with Gasteiger partial charge in [-0.25, -0.2) is 0 Å². The van der Waals surface area contributed by atoms with Crippen molar-refractivity contribution in [3.8, 4) is 0 Å². The summed E-state index contributed by atoms with van der Waals surface area (Å²) in [5.74, 6) is 1.35. The van der Waals surface area contributed by atoms with Gasteiger partial charge in [-0.15, -0.1) is 0 Å². The van der Waals surface area contributed by atoms with Gasteiger partial charge in [0.2, 0.25) is 0 Å². The molecule has 80 valence electrons. The lowest BCUT2D eigenvalue weighted by atomic mass is 9.82. The smallest absolute Gasteiger partial charge is 0.00711 e. The predicted octanol–water partition coefficient (Wildman–Crippen LogP) is 4.54. The second kappa shape index (κ2) is 4.65. The highest BCUT2D eigenvalue weighted by molar-refractivity contribution is 5.31. The number of benzene rings is 1. The van der Waals surface area contributed by atoms with Gasteiger partial charge in [-0.1, -0.05) is 55.8 Å². The first kappa shape index (κ1) is 10.5. The molecular formula is C15H20. The molecule has 0 saturated carbocycles. The van der Waals surface area contributed by atoms with Gasteiger partial charge < -0.3 is 0 Å². The minimum Gasteiger partial charge on any atom is -0.0847 e. The molecule has 0 heterocycles. The first-order valence-corrected chi connectivity index (χ1v) is 6.03. The van der Waals surface area contributed by atoms with E-state index in [4.69, 9.17) is 0 Å². The van der Waals surface area contributed by atoms with Gasteiger partial charge in [0.15, 0.2) is 0 Å². The van der Waals surface area contributed by atoms with E-state index in [1.54, 1.807) is 5.57 Å². The highest BCUT2D eigenvalue weighted by Gasteiger charge is 2.21. The summed E-state index contributed by atoms with van der Waals surface area (Å²) in [5.41, 5.74) is 3.15. The van der Waals surface area contributed by atoms with Gasteiger partial charge in [-0.05, 0) is 30.7 Å². The zero-order chi connectivity index (χ0) is 10.7. The van der Waals surface area contributed by atoms with Crippen molar-refractivity contribution < 1.29 is 0 Å². The van der Waals surface area contributed by atoms with Crippen molar-refractivity contribution in [3.63, 3.8) is 0 Å². The van der Waals surface area contributed by atoms with Gasteiger partial charge in [0.05, 0.1) is 0 Å². The van der Waals surface area contributed by atoms with Gasteiger partial charge >= 0.3 is 0 Å². The molecule has 2 rings (SSSR count). The molecule has 15 heavy (non-hydrogen) atoms. The predicted molar refractivity (Wildman–Crippen MR) is 66.0 cm³/mol. The van der Waals surface area contributed by atoms with E-state index in [0.717, 1.165) is 0 Å². The molecule has 1 aliphatic carbocycles. The number of allylic oxidation sites excluding steroid dienone is 2. The van der Waals surface area contributed by atoms with Gasteiger partial charge in [0.25, 0.3) is 0 Å². The van der Waals surface area contributed by atoms with Crippen LogP contribution in [0.4, 0.5) is 0 Å². The standard InChI is InChI=1S/C15H20/c1-12(2)15(14-10-6-7-11-14)13-8-4-3-5-9-13/h3-5,8-10,12,15H,6-7,11H2,1-2H3. The highest BCUT2D eigenvalue weighted by atomic mass is 14.3. The molecule has 0 aromatic heterocycles. The molecule has 0 bridgehead atoms. The van der Waals surface area contributed by atoms with Crippen LogP contribution in [0.5, 0.6) is 0 Å². The van der Waals surface area contributed by atoms with Crippen LogP contribution in [0.3, 0.4) is 0 Å². The van der Waals surface area contributed by atoms with E-state index in [2.05, 4.69) is 50.3 Å². The maximum atomic E-state index is 2.46. The van der Waals surface area contributed by atoms with Crippen molar-refractivity contribution in [1.82, 2.24) is 0 Å². The number of hydrogen-bond acceptors (Lipinski definition) is 0. The molecule has 0 radical (unpaired) electrons. The second-order valence-corrected chi connectivity index (χ2v) is 4.80. The van der Waals surface area contributed by atoms with E-state index in [-0.39, 0.29) is 0 Å². The lowest BCUT2D eigenvalue weighted by Crippen LogP contribution is -2.08. The van der Waals surface area contributed by atoms with E-state index in [1.807, 2.05) is 0 Å². The molecule has 0 N–H and O–H groups in total. The van der Waals surface area contributed by atoms with Crippen LogP contribution in [0.25, 0.3) is 0 Å². The molecule has 0 aliphatic heterocycles. The van der Waals surface area contributed by atoms with Crippen molar-refractivity contribution in [2.75, 3.05) is 0 Å². The van der Waals surface area contributed by atoms with Crippen LogP contribution >= 0.6 is 0 Å². The summed E-state index contributed by atoms with van der Waals surface area (Å²) in [7, 11) is 0. The zero-order valence-corrected chi connectivity index (χ0v) is 9.74. The molecule has 0 fully saturated rings. The fourth-order valence-corrected chi connectivity index (χ4v) is 2.67. The van der Waals surface area contributed by atoms with Gasteiger partial charge in [0, 0.05) is 5.92 Å². The van der Waals surface area contributed by atoms with Crippen LogP contribution < -0.4 is 0 Å². The Labute approximate surface area is 93.0 Å². The van der Waals surface area contributed by atoms with Gasteiger partial charge in [-0.3, -0.25) is 0 Å². The Morgan fingerprint density at radius 2 is 1.80 bits per heavy atom. The zero-order valence-electron chi connectivity index (χ0n) is 9.74. The number of hydrogen-bond donors (Lipinski definition) is 0. The summed E-state index contributed by atoms with van der Waals surface area (Å²) >= 11 is 0. The summed E-state index contributed by atoms with van der Waals surface area (Å²) in [5, 5.41) is 0. The van der Waals surface area contributed by atoms with E-state index >= 15 is 0 Å².